The maximum atomic E-state index is 2.49. The molecule has 1 fully saturated rings. The molecule has 0 amide bonds. The van der Waals surface area contributed by atoms with Gasteiger partial charge in [0.25, 0.3) is 0 Å². The summed E-state index contributed by atoms with van der Waals surface area (Å²) >= 11 is 0. The Labute approximate surface area is 96.8 Å². The molecule has 0 aliphatic heterocycles. The first-order valence-corrected chi connectivity index (χ1v) is 6.83. The lowest BCUT2D eigenvalue weighted by Crippen LogP contribution is -2.34. The molecule has 0 heteroatoms. The Hall–Kier alpha value is 0. The summed E-state index contributed by atoms with van der Waals surface area (Å²) < 4.78 is 0. The maximum absolute atomic E-state index is 2.49. The first kappa shape index (κ1) is 13.1. The highest BCUT2D eigenvalue weighted by molar-refractivity contribution is 4.86. The van der Waals surface area contributed by atoms with Crippen molar-refractivity contribution in [1.29, 1.82) is 0 Å². The van der Waals surface area contributed by atoms with Crippen LogP contribution in [0.2, 0.25) is 0 Å². The fourth-order valence-electron chi connectivity index (χ4n) is 4.03. The number of hydrogen-bond acceptors (Lipinski definition) is 0. The van der Waals surface area contributed by atoms with E-state index in [9.17, 15) is 0 Å². The van der Waals surface area contributed by atoms with Crippen LogP contribution in [-0.2, 0) is 0 Å². The molecule has 1 aliphatic rings. The van der Waals surface area contributed by atoms with E-state index in [0.29, 0.717) is 5.41 Å². The first-order chi connectivity index (χ1) is 6.83. The summed E-state index contributed by atoms with van der Waals surface area (Å²) in [5, 5.41) is 0. The smallest absolute Gasteiger partial charge is 0.0321 e. The highest BCUT2D eigenvalue weighted by atomic mass is 14.4. The van der Waals surface area contributed by atoms with E-state index in [1.165, 1.54) is 25.7 Å². The summed E-state index contributed by atoms with van der Waals surface area (Å²) in [5.41, 5.74) is 0.549. The normalized spacial score (nSPS) is 33.4. The van der Waals surface area contributed by atoms with Gasteiger partial charge in [-0.3, -0.25) is 0 Å². The first-order valence-electron chi connectivity index (χ1n) is 6.83. The molecule has 0 spiro atoms. The van der Waals surface area contributed by atoms with Gasteiger partial charge < -0.3 is 0 Å². The molecule has 90 valence electrons. The molecular weight excluding hydrogens is 180 g/mol. The molecule has 0 bridgehead atoms. The maximum Gasteiger partial charge on any atom is -0.0321 e. The van der Waals surface area contributed by atoms with E-state index in [4.69, 9.17) is 0 Å². The number of hydrogen-bond donors (Lipinski definition) is 0. The van der Waals surface area contributed by atoms with Gasteiger partial charge in [0.1, 0.15) is 0 Å². The second-order valence-corrected chi connectivity index (χ2v) is 7.09. The van der Waals surface area contributed by atoms with Crippen LogP contribution >= 0.6 is 0 Å². The Morgan fingerprint density at radius 2 is 1.73 bits per heavy atom. The standard InChI is InChI=1S/C15H30/c1-11(2)10-15(5,6)14-8-7-12(3)9-13(14)4/h11-14H,7-10H2,1-6H3. The van der Waals surface area contributed by atoms with Gasteiger partial charge in [-0.25, -0.2) is 0 Å². The highest BCUT2D eigenvalue weighted by Gasteiger charge is 2.36. The van der Waals surface area contributed by atoms with Crippen LogP contribution in [0.3, 0.4) is 0 Å². The molecule has 0 aromatic heterocycles. The van der Waals surface area contributed by atoms with E-state index in [2.05, 4.69) is 41.5 Å². The predicted molar refractivity (Wildman–Crippen MR) is 68.9 cm³/mol. The van der Waals surface area contributed by atoms with Gasteiger partial charge in [0.05, 0.1) is 0 Å². The molecule has 0 heterocycles. The number of rotatable bonds is 3. The zero-order valence-corrected chi connectivity index (χ0v) is 11.6. The van der Waals surface area contributed by atoms with E-state index < -0.39 is 0 Å². The summed E-state index contributed by atoms with van der Waals surface area (Å²) in [6, 6.07) is 0. The van der Waals surface area contributed by atoms with Crippen molar-refractivity contribution in [3.05, 3.63) is 0 Å². The average Bonchev–Trinajstić information content (AvgIpc) is 1.99. The lowest BCUT2D eigenvalue weighted by molar-refractivity contribution is 0.0639. The van der Waals surface area contributed by atoms with Crippen molar-refractivity contribution < 1.29 is 0 Å². The van der Waals surface area contributed by atoms with Crippen molar-refractivity contribution in [2.45, 2.75) is 67.2 Å². The Bertz CT molecular complexity index is 190. The Morgan fingerprint density at radius 3 is 2.20 bits per heavy atom. The minimum Gasteiger partial charge on any atom is -0.0628 e. The van der Waals surface area contributed by atoms with E-state index in [-0.39, 0.29) is 0 Å². The van der Waals surface area contributed by atoms with E-state index in [0.717, 1.165) is 23.7 Å². The van der Waals surface area contributed by atoms with Crippen LogP contribution in [0.4, 0.5) is 0 Å². The van der Waals surface area contributed by atoms with Gasteiger partial charge in [0.15, 0.2) is 0 Å². The van der Waals surface area contributed by atoms with Crippen molar-refractivity contribution in [2.24, 2.45) is 29.1 Å². The molecule has 0 radical (unpaired) electrons. The largest absolute Gasteiger partial charge is 0.0628 e. The summed E-state index contributed by atoms with van der Waals surface area (Å²) in [5.74, 6) is 3.69. The quantitative estimate of drug-likeness (QED) is 0.605. The van der Waals surface area contributed by atoms with Crippen molar-refractivity contribution >= 4 is 0 Å². The SMILES string of the molecule is CC(C)CC(C)(C)C1CCC(C)CC1C. The van der Waals surface area contributed by atoms with Crippen LogP contribution in [0.15, 0.2) is 0 Å². The van der Waals surface area contributed by atoms with Gasteiger partial charge in [-0.2, -0.15) is 0 Å². The molecule has 1 rings (SSSR count). The molecular formula is C15H30. The van der Waals surface area contributed by atoms with Gasteiger partial charge in [0.2, 0.25) is 0 Å². The average molecular weight is 210 g/mol. The van der Waals surface area contributed by atoms with E-state index >= 15 is 0 Å². The Balaban J connectivity index is 2.61. The van der Waals surface area contributed by atoms with Crippen molar-refractivity contribution in [2.75, 3.05) is 0 Å². The highest BCUT2D eigenvalue weighted by Crippen LogP contribution is 2.46. The predicted octanol–water partition coefficient (Wildman–Crippen LogP) is 5.13. The molecule has 1 aliphatic carbocycles. The summed E-state index contributed by atoms with van der Waals surface area (Å²) in [7, 11) is 0. The second kappa shape index (κ2) is 4.89. The summed E-state index contributed by atoms with van der Waals surface area (Å²) in [6.45, 7) is 14.6. The van der Waals surface area contributed by atoms with Gasteiger partial charge in [0, 0.05) is 0 Å². The van der Waals surface area contributed by atoms with E-state index in [1.807, 2.05) is 0 Å². The van der Waals surface area contributed by atoms with Crippen LogP contribution in [0.5, 0.6) is 0 Å². The zero-order valence-electron chi connectivity index (χ0n) is 11.6. The van der Waals surface area contributed by atoms with Gasteiger partial charge >= 0.3 is 0 Å². The third-order valence-electron chi connectivity index (χ3n) is 4.37. The Kier molecular flexibility index (Phi) is 4.26. The molecule has 0 saturated heterocycles. The molecule has 0 aromatic carbocycles. The van der Waals surface area contributed by atoms with Crippen molar-refractivity contribution in [1.82, 2.24) is 0 Å². The van der Waals surface area contributed by atoms with Crippen LogP contribution in [0.1, 0.15) is 67.2 Å². The molecule has 0 N–H and O–H groups in total. The lowest BCUT2D eigenvalue weighted by Gasteiger charge is -2.44. The molecule has 0 nitrogen and oxygen atoms in total. The zero-order chi connectivity index (χ0) is 11.6. The van der Waals surface area contributed by atoms with Crippen molar-refractivity contribution in [3.8, 4) is 0 Å². The molecule has 15 heavy (non-hydrogen) atoms. The third kappa shape index (κ3) is 3.50. The second-order valence-electron chi connectivity index (χ2n) is 7.09. The lowest BCUT2D eigenvalue weighted by atomic mass is 9.62. The molecule has 3 atom stereocenters. The van der Waals surface area contributed by atoms with Crippen LogP contribution in [0.25, 0.3) is 0 Å². The van der Waals surface area contributed by atoms with Gasteiger partial charge in [-0.1, -0.05) is 48.0 Å². The fourth-order valence-corrected chi connectivity index (χ4v) is 4.03. The Morgan fingerprint density at radius 1 is 1.13 bits per heavy atom. The van der Waals surface area contributed by atoms with Crippen molar-refractivity contribution in [3.63, 3.8) is 0 Å². The minimum atomic E-state index is 0.549. The summed E-state index contributed by atoms with van der Waals surface area (Å²) in [4.78, 5) is 0. The van der Waals surface area contributed by atoms with Crippen LogP contribution < -0.4 is 0 Å². The molecule has 0 aromatic rings. The monoisotopic (exact) mass is 210 g/mol. The van der Waals surface area contributed by atoms with Gasteiger partial charge in [-0.05, 0) is 48.3 Å². The molecule has 1 saturated carbocycles. The van der Waals surface area contributed by atoms with Crippen LogP contribution in [0, 0.1) is 29.1 Å². The minimum absolute atomic E-state index is 0.549. The van der Waals surface area contributed by atoms with Gasteiger partial charge in [-0.15, -0.1) is 0 Å². The van der Waals surface area contributed by atoms with E-state index in [1.54, 1.807) is 0 Å². The third-order valence-corrected chi connectivity index (χ3v) is 4.37. The topological polar surface area (TPSA) is 0 Å². The molecule has 3 unspecified atom stereocenters. The van der Waals surface area contributed by atoms with Crippen LogP contribution in [-0.4, -0.2) is 0 Å². The summed E-state index contributed by atoms with van der Waals surface area (Å²) in [6.07, 6.45) is 5.75. The fraction of sp³-hybridized carbons (Fsp3) is 1.00.